The van der Waals surface area contributed by atoms with Gasteiger partial charge in [-0.25, -0.2) is 0 Å². The number of benzene rings is 1. The van der Waals surface area contributed by atoms with Crippen LogP contribution in [0.4, 0.5) is 5.69 Å². The summed E-state index contributed by atoms with van der Waals surface area (Å²) < 4.78 is 5.44. The van der Waals surface area contributed by atoms with Gasteiger partial charge in [0, 0.05) is 25.1 Å². The van der Waals surface area contributed by atoms with Gasteiger partial charge in [0.1, 0.15) is 6.54 Å². The van der Waals surface area contributed by atoms with Crippen LogP contribution >= 0.6 is 23.2 Å². The van der Waals surface area contributed by atoms with Crippen molar-refractivity contribution in [2.45, 2.75) is 25.9 Å². The van der Waals surface area contributed by atoms with E-state index < -0.39 is 0 Å². The van der Waals surface area contributed by atoms with E-state index in [0.717, 1.165) is 19.4 Å². The van der Waals surface area contributed by atoms with Gasteiger partial charge in [-0.05, 0) is 31.0 Å². The van der Waals surface area contributed by atoms with Crippen molar-refractivity contribution in [2.24, 2.45) is 0 Å². The zero-order valence-corrected chi connectivity index (χ0v) is 13.8. The van der Waals surface area contributed by atoms with Crippen molar-refractivity contribution >= 4 is 40.7 Å². The average Bonchev–Trinajstić information content (AvgIpc) is 2.98. The number of hydrogen-bond donors (Lipinski definition) is 1. The normalized spacial score (nSPS) is 17.3. The number of carbonyl (C=O) groups is 2. The fourth-order valence-corrected chi connectivity index (χ4v) is 2.68. The summed E-state index contributed by atoms with van der Waals surface area (Å²) in [7, 11) is 0. The van der Waals surface area contributed by atoms with Crippen molar-refractivity contribution in [1.82, 2.24) is 5.32 Å². The Morgan fingerprint density at radius 1 is 1.41 bits per heavy atom. The van der Waals surface area contributed by atoms with Crippen LogP contribution in [-0.4, -0.2) is 37.6 Å². The van der Waals surface area contributed by atoms with Crippen LogP contribution in [-0.2, 0) is 14.3 Å². The second-order valence-electron chi connectivity index (χ2n) is 5.14. The van der Waals surface area contributed by atoms with Gasteiger partial charge >= 0.3 is 0 Å². The summed E-state index contributed by atoms with van der Waals surface area (Å²) in [5.74, 6) is -0.543. The monoisotopic (exact) mass is 344 g/mol. The van der Waals surface area contributed by atoms with Gasteiger partial charge in [-0.15, -0.1) is 0 Å². The highest BCUT2D eigenvalue weighted by atomic mass is 35.5. The molecule has 1 aliphatic rings. The van der Waals surface area contributed by atoms with Crippen LogP contribution in [0.3, 0.4) is 0 Å². The summed E-state index contributed by atoms with van der Waals surface area (Å²) >= 11 is 12.0. The second kappa shape index (κ2) is 7.81. The minimum atomic E-state index is -0.281. The minimum absolute atomic E-state index is 0.0597. The van der Waals surface area contributed by atoms with Gasteiger partial charge in [0.2, 0.25) is 11.8 Å². The van der Waals surface area contributed by atoms with Gasteiger partial charge in [0.15, 0.2) is 0 Å². The van der Waals surface area contributed by atoms with E-state index in [2.05, 4.69) is 5.32 Å². The van der Waals surface area contributed by atoms with Crippen molar-refractivity contribution in [3.8, 4) is 0 Å². The van der Waals surface area contributed by atoms with Gasteiger partial charge in [-0.3, -0.25) is 9.59 Å². The van der Waals surface area contributed by atoms with Crippen molar-refractivity contribution in [3.63, 3.8) is 0 Å². The molecule has 1 aromatic rings. The number of hydrogen-bond acceptors (Lipinski definition) is 3. The Morgan fingerprint density at radius 2 is 2.18 bits per heavy atom. The number of amides is 2. The fourth-order valence-electron chi connectivity index (χ4n) is 2.29. The summed E-state index contributed by atoms with van der Waals surface area (Å²) in [5.41, 5.74) is 0.425. The van der Waals surface area contributed by atoms with E-state index in [1.165, 1.54) is 11.8 Å². The van der Waals surface area contributed by atoms with E-state index in [1.54, 1.807) is 18.2 Å². The van der Waals surface area contributed by atoms with Crippen LogP contribution in [0.15, 0.2) is 18.2 Å². The van der Waals surface area contributed by atoms with Gasteiger partial charge < -0.3 is 15.0 Å². The third kappa shape index (κ3) is 4.60. The van der Waals surface area contributed by atoms with Gasteiger partial charge in [0.05, 0.1) is 16.8 Å². The summed E-state index contributed by atoms with van der Waals surface area (Å²) in [6.07, 6.45) is 2.01. The van der Waals surface area contributed by atoms with Crippen molar-refractivity contribution < 1.29 is 14.3 Å². The Balaban J connectivity index is 2.00. The molecule has 0 saturated carbocycles. The highest BCUT2D eigenvalue weighted by Gasteiger charge is 2.20. The molecule has 2 rings (SSSR count). The lowest BCUT2D eigenvalue weighted by Crippen LogP contribution is -2.42. The predicted octanol–water partition coefficient (Wildman–Crippen LogP) is 2.64. The van der Waals surface area contributed by atoms with Crippen LogP contribution in [0.1, 0.15) is 19.8 Å². The molecular weight excluding hydrogens is 327 g/mol. The minimum Gasteiger partial charge on any atom is -0.376 e. The van der Waals surface area contributed by atoms with E-state index in [1.807, 2.05) is 0 Å². The standard InChI is InChI=1S/C15H18Cl2N2O3/c1-10(20)19(14-7-11(16)4-5-13(14)17)9-15(21)18-8-12-3-2-6-22-12/h4-5,7,12H,2-3,6,8-9H2,1H3,(H,18,21). The first-order valence-electron chi connectivity index (χ1n) is 7.09. The molecule has 0 aromatic heterocycles. The maximum atomic E-state index is 12.0. The SMILES string of the molecule is CC(=O)N(CC(=O)NCC1CCCO1)c1cc(Cl)ccc1Cl. The van der Waals surface area contributed by atoms with Gasteiger partial charge in [0.25, 0.3) is 0 Å². The van der Waals surface area contributed by atoms with Crippen LogP contribution in [0.2, 0.25) is 10.0 Å². The molecule has 1 atom stereocenters. The van der Waals surface area contributed by atoms with Crippen molar-refractivity contribution in [1.29, 1.82) is 0 Å². The zero-order valence-electron chi connectivity index (χ0n) is 12.3. The van der Waals surface area contributed by atoms with E-state index >= 15 is 0 Å². The first-order chi connectivity index (χ1) is 10.5. The largest absolute Gasteiger partial charge is 0.376 e. The smallest absolute Gasteiger partial charge is 0.240 e. The number of carbonyl (C=O) groups excluding carboxylic acids is 2. The molecule has 120 valence electrons. The van der Waals surface area contributed by atoms with E-state index in [4.69, 9.17) is 27.9 Å². The lowest BCUT2D eigenvalue weighted by Gasteiger charge is -2.22. The first-order valence-corrected chi connectivity index (χ1v) is 7.84. The third-order valence-corrected chi connectivity index (χ3v) is 3.99. The molecule has 2 amide bonds. The Bertz CT molecular complexity index is 560. The maximum absolute atomic E-state index is 12.0. The van der Waals surface area contributed by atoms with E-state index in [-0.39, 0.29) is 24.5 Å². The molecule has 1 aromatic carbocycles. The van der Waals surface area contributed by atoms with Gasteiger partial charge in [-0.2, -0.15) is 0 Å². The summed E-state index contributed by atoms with van der Waals surface area (Å²) in [6.45, 7) is 2.46. The lowest BCUT2D eigenvalue weighted by molar-refractivity contribution is -0.123. The summed E-state index contributed by atoms with van der Waals surface area (Å²) in [5, 5.41) is 3.60. The number of rotatable bonds is 5. The Labute approximate surface area is 139 Å². The number of nitrogens with one attached hydrogen (secondary N) is 1. The molecule has 0 spiro atoms. The molecule has 1 N–H and O–H groups in total. The van der Waals surface area contributed by atoms with Crippen LogP contribution in [0, 0.1) is 0 Å². The molecule has 7 heteroatoms. The quantitative estimate of drug-likeness (QED) is 0.893. The average molecular weight is 345 g/mol. The topological polar surface area (TPSA) is 58.6 Å². The highest BCUT2D eigenvalue weighted by molar-refractivity contribution is 6.35. The summed E-state index contributed by atoms with van der Waals surface area (Å²) in [4.78, 5) is 25.2. The van der Waals surface area contributed by atoms with Crippen LogP contribution in [0.5, 0.6) is 0 Å². The lowest BCUT2D eigenvalue weighted by atomic mass is 10.2. The predicted molar refractivity (Wildman–Crippen MR) is 86.5 cm³/mol. The molecule has 1 fully saturated rings. The maximum Gasteiger partial charge on any atom is 0.240 e. The van der Waals surface area contributed by atoms with Crippen LogP contribution in [0.25, 0.3) is 0 Å². The molecule has 1 aliphatic heterocycles. The molecule has 0 aliphatic carbocycles. The van der Waals surface area contributed by atoms with Crippen LogP contribution < -0.4 is 10.2 Å². The number of anilines is 1. The molecule has 1 heterocycles. The third-order valence-electron chi connectivity index (χ3n) is 3.43. The number of halogens is 2. The Hall–Kier alpha value is -1.30. The highest BCUT2D eigenvalue weighted by Crippen LogP contribution is 2.29. The second-order valence-corrected chi connectivity index (χ2v) is 5.98. The molecule has 1 saturated heterocycles. The van der Waals surface area contributed by atoms with Gasteiger partial charge in [-0.1, -0.05) is 23.2 Å². The first kappa shape index (κ1) is 17.1. The number of ether oxygens (including phenoxy) is 1. The fraction of sp³-hybridized carbons (Fsp3) is 0.467. The molecule has 1 unspecified atom stereocenters. The molecule has 0 bridgehead atoms. The molecule has 0 radical (unpaired) electrons. The zero-order chi connectivity index (χ0) is 16.1. The number of nitrogens with zero attached hydrogens (tertiary/aromatic N) is 1. The van der Waals surface area contributed by atoms with E-state index in [0.29, 0.717) is 22.3 Å². The van der Waals surface area contributed by atoms with Crippen molar-refractivity contribution in [3.05, 3.63) is 28.2 Å². The Kier molecular flexibility index (Phi) is 6.06. The Morgan fingerprint density at radius 3 is 2.82 bits per heavy atom. The molecular formula is C15H18Cl2N2O3. The van der Waals surface area contributed by atoms with E-state index in [9.17, 15) is 9.59 Å². The summed E-state index contributed by atoms with van der Waals surface area (Å²) in [6, 6.07) is 4.79. The van der Waals surface area contributed by atoms with Crippen molar-refractivity contribution in [2.75, 3.05) is 24.6 Å². The molecule has 5 nitrogen and oxygen atoms in total. The molecule has 22 heavy (non-hydrogen) atoms.